The number of carbonyl (C=O) groups excluding carboxylic acids is 1. The number of halogens is 1. The molecule has 1 amide bonds. The number of hydrogen-bond donors (Lipinski definition) is 0. The predicted octanol–water partition coefficient (Wildman–Crippen LogP) is 5.48. The van der Waals surface area contributed by atoms with Gasteiger partial charge in [-0.3, -0.25) is 4.79 Å². The molecular weight excluding hydrogens is 426 g/mol. The van der Waals surface area contributed by atoms with Gasteiger partial charge in [-0.05, 0) is 73.0 Å². The highest BCUT2D eigenvalue weighted by Gasteiger charge is 2.33. The molecule has 1 unspecified atom stereocenters. The van der Waals surface area contributed by atoms with E-state index < -0.39 is 0 Å². The molecule has 6 heteroatoms. The van der Waals surface area contributed by atoms with Crippen LogP contribution < -0.4 is 14.2 Å². The van der Waals surface area contributed by atoms with Crippen LogP contribution in [0.3, 0.4) is 0 Å². The Labute approximate surface area is 193 Å². The van der Waals surface area contributed by atoms with Crippen molar-refractivity contribution in [1.29, 1.82) is 0 Å². The summed E-state index contributed by atoms with van der Waals surface area (Å²) < 4.78 is 17.2. The zero-order valence-electron chi connectivity index (χ0n) is 18.4. The molecule has 0 saturated carbocycles. The molecule has 4 rings (SSSR count). The minimum atomic E-state index is -0.275. The van der Waals surface area contributed by atoms with E-state index in [2.05, 4.69) is 0 Å². The van der Waals surface area contributed by atoms with Crippen molar-refractivity contribution < 1.29 is 19.0 Å². The molecule has 0 spiro atoms. The van der Waals surface area contributed by atoms with Gasteiger partial charge in [-0.1, -0.05) is 29.3 Å². The van der Waals surface area contributed by atoms with E-state index in [4.69, 9.17) is 25.8 Å². The lowest BCUT2D eigenvalue weighted by Crippen LogP contribution is -2.42. The standard InChI is InChI=1S/C26H26ClNO4/c1-17-4-10-21(11-5-17)32-16-23-22-15-25(31-3)24(30-2)14-19(22)12-13-28(23)26(29)18-6-8-20(27)9-7-18/h4-11,14-15,23H,12-13,16H2,1-3H3. The number of amides is 1. The number of ether oxygens (including phenoxy) is 3. The van der Waals surface area contributed by atoms with Crippen molar-refractivity contribution in [1.82, 2.24) is 4.90 Å². The summed E-state index contributed by atoms with van der Waals surface area (Å²) >= 11 is 6.02. The molecule has 1 heterocycles. The van der Waals surface area contributed by atoms with Crippen molar-refractivity contribution in [2.75, 3.05) is 27.4 Å². The Morgan fingerprint density at radius 2 is 1.66 bits per heavy atom. The second-order valence-electron chi connectivity index (χ2n) is 7.80. The van der Waals surface area contributed by atoms with Gasteiger partial charge in [0.15, 0.2) is 11.5 Å². The van der Waals surface area contributed by atoms with Crippen LogP contribution in [0.15, 0.2) is 60.7 Å². The molecule has 166 valence electrons. The van der Waals surface area contributed by atoms with Crippen LogP contribution in [0.4, 0.5) is 0 Å². The molecule has 1 aliphatic rings. The summed E-state index contributed by atoms with van der Waals surface area (Å²) in [6.07, 6.45) is 0.718. The Kier molecular flexibility index (Phi) is 6.56. The van der Waals surface area contributed by atoms with Crippen LogP contribution in [0.2, 0.25) is 5.02 Å². The van der Waals surface area contributed by atoms with Gasteiger partial charge in [-0.25, -0.2) is 0 Å². The van der Waals surface area contributed by atoms with Crippen molar-refractivity contribution in [2.45, 2.75) is 19.4 Å². The summed E-state index contributed by atoms with van der Waals surface area (Å²) in [5.74, 6) is 2.02. The highest BCUT2D eigenvalue weighted by atomic mass is 35.5. The first kappa shape index (κ1) is 22.0. The molecule has 0 bridgehead atoms. The molecule has 1 aliphatic heterocycles. The average molecular weight is 452 g/mol. The number of rotatable bonds is 6. The fraction of sp³-hybridized carbons (Fsp3) is 0.269. The Morgan fingerprint density at radius 3 is 2.31 bits per heavy atom. The van der Waals surface area contributed by atoms with E-state index in [-0.39, 0.29) is 11.9 Å². The average Bonchev–Trinajstić information content (AvgIpc) is 2.82. The maximum atomic E-state index is 13.4. The maximum absolute atomic E-state index is 13.4. The second-order valence-corrected chi connectivity index (χ2v) is 8.24. The molecule has 32 heavy (non-hydrogen) atoms. The number of nitrogens with zero attached hydrogens (tertiary/aromatic N) is 1. The van der Waals surface area contributed by atoms with Crippen molar-refractivity contribution in [3.8, 4) is 17.2 Å². The summed E-state index contributed by atoms with van der Waals surface area (Å²) in [5.41, 5.74) is 3.89. The van der Waals surface area contributed by atoms with Crippen LogP contribution in [0, 0.1) is 6.92 Å². The van der Waals surface area contributed by atoms with Crippen LogP contribution in [-0.2, 0) is 6.42 Å². The number of methoxy groups -OCH3 is 2. The van der Waals surface area contributed by atoms with E-state index in [1.165, 1.54) is 0 Å². The summed E-state index contributed by atoms with van der Waals surface area (Å²) in [4.78, 5) is 15.3. The van der Waals surface area contributed by atoms with Gasteiger partial charge in [-0.15, -0.1) is 0 Å². The fourth-order valence-corrected chi connectivity index (χ4v) is 4.14. The fourth-order valence-electron chi connectivity index (χ4n) is 4.02. The highest BCUT2D eigenvalue weighted by molar-refractivity contribution is 6.30. The minimum Gasteiger partial charge on any atom is -0.493 e. The summed E-state index contributed by atoms with van der Waals surface area (Å²) in [5, 5.41) is 0.599. The van der Waals surface area contributed by atoms with Crippen LogP contribution >= 0.6 is 11.6 Å². The second kappa shape index (κ2) is 9.53. The van der Waals surface area contributed by atoms with Crippen LogP contribution in [0.25, 0.3) is 0 Å². The Balaban J connectivity index is 1.69. The molecule has 1 atom stereocenters. The number of hydrogen-bond acceptors (Lipinski definition) is 4. The minimum absolute atomic E-state index is 0.0559. The normalized spacial score (nSPS) is 15.1. The number of aryl methyl sites for hydroxylation is 1. The van der Waals surface area contributed by atoms with Crippen LogP contribution in [-0.4, -0.2) is 38.2 Å². The van der Waals surface area contributed by atoms with Gasteiger partial charge in [0.1, 0.15) is 12.4 Å². The predicted molar refractivity (Wildman–Crippen MR) is 125 cm³/mol. The number of fused-ring (bicyclic) bond motifs is 1. The largest absolute Gasteiger partial charge is 0.493 e. The van der Waals surface area contributed by atoms with Gasteiger partial charge >= 0.3 is 0 Å². The van der Waals surface area contributed by atoms with Gasteiger partial charge in [0.25, 0.3) is 5.91 Å². The zero-order valence-corrected chi connectivity index (χ0v) is 19.2. The van der Waals surface area contributed by atoms with Crippen molar-refractivity contribution in [2.24, 2.45) is 0 Å². The quantitative estimate of drug-likeness (QED) is 0.497. The highest BCUT2D eigenvalue weighted by Crippen LogP contribution is 2.39. The van der Waals surface area contributed by atoms with E-state index in [1.807, 2.05) is 48.2 Å². The molecule has 0 N–H and O–H groups in total. The molecular formula is C26H26ClNO4. The SMILES string of the molecule is COc1cc2c(cc1OC)C(COc1ccc(C)cc1)N(C(=O)c1ccc(Cl)cc1)CC2. The van der Waals surface area contributed by atoms with Gasteiger partial charge in [0, 0.05) is 17.1 Å². The zero-order chi connectivity index (χ0) is 22.7. The first-order valence-electron chi connectivity index (χ1n) is 10.5. The van der Waals surface area contributed by atoms with E-state index >= 15 is 0 Å². The lowest BCUT2D eigenvalue weighted by Gasteiger charge is -2.37. The monoisotopic (exact) mass is 451 g/mol. The molecule has 0 aromatic heterocycles. The lowest BCUT2D eigenvalue weighted by atomic mass is 9.91. The van der Waals surface area contributed by atoms with Crippen LogP contribution in [0.1, 0.15) is 33.1 Å². The summed E-state index contributed by atoms with van der Waals surface area (Å²) in [6, 6.07) is 18.6. The molecule has 0 radical (unpaired) electrons. The first-order chi connectivity index (χ1) is 15.5. The van der Waals surface area contributed by atoms with E-state index in [0.717, 1.165) is 28.9 Å². The van der Waals surface area contributed by atoms with Crippen molar-refractivity contribution in [3.63, 3.8) is 0 Å². The van der Waals surface area contributed by atoms with Crippen molar-refractivity contribution in [3.05, 3.63) is 87.9 Å². The van der Waals surface area contributed by atoms with Gasteiger partial charge in [0.2, 0.25) is 0 Å². The topological polar surface area (TPSA) is 48.0 Å². The summed E-state index contributed by atoms with van der Waals surface area (Å²) in [6.45, 7) is 2.93. The van der Waals surface area contributed by atoms with E-state index in [9.17, 15) is 4.79 Å². The molecule has 5 nitrogen and oxygen atoms in total. The molecule has 0 aliphatic carbocycles. The Bertz CT molecular complexity index is 1100. The third-order valence-electron chi connectivity index (χ3n) is 5.78. The molecule has 0 saturated heterocycles. The Hall–Kier alpha value is -3.18. The number of benzene rings is 3. The van der Waals surface area contributed by atoms with E-state index in [1.54, 1.807) is 38.5 Å². The summed E-state index contributed by atoms with van der Waals surface area (Å²) in [7, 11) is 3.24. The third-order valence-corrected chi connectivity index (χ3v) is 6.04. The van der Waals surface area contributed by atoms with Gasteiger partial charge < -0.3 is 19.1 Å². The number of carbonyl (C=O) groups is 1. The Morgan fingerprint density at radius 1 is 1.00 bits per heavy atom. The molecule has 3 aromatic carbocycles. The van der Waals surface area contributed by atoms with E-state index in [0.29, 0.717) is 35.2 Å². The first-order valence-corrected chi connectivity index (χ1v) is 10.9. The lowest BCUT2D eigenvalue weighted by molar-refractivity contribution is 0.0589. The maximum Gasteiger partial charge on any atom is 0.254 e. The molecule has 3 aromatic rings. The van der Waals surface area contributed by atoms with Gasteiger partial charge in [-0.2, -0.15) is 0 Å². The molecule has 0 fully saturated rings. The van der Waals surface area contributed by atoms with Crippen LogP contribution in [0.5, 0.6) is 17.2 Å². The van der Waals surface area contributed by atoms with Gasteiger partial charge in [0.05, 0.1) is 20.3 Å². The third kappa shape index (κ3) is 4.53. The van der Waals surface area contributed by atoms with Crippen molar-refractivity contribution >= 4 is 17.5 Å². The smallest absolute Gasteiger partial charge is 0.254 e.